The molecule has 6 rings (SSSR count). The number of benzene rings is 3. The van der Waals surface area contributed by atoms with Crippen molar-refractivity contribution in [2.75, 3.05) is 23.3 Å². The monoisotopic (exact) mass is 584 g/mol. The number of sulfonamides is 1. The summed E-state index contributed by atoms with van der Waals surface area (Å²) in [6, 6.07) is 17.2. The molecule has 0 radical (unpaired) electrons. The average molecular weight is 585 g/mol. The van der Waals surface area contributed by atoms with Crippen LogP contribution in [0.25, 0.3) is 0 Å². The molecule has 2 amide bonds. The minimum absolute atomic E-state index is 0.0623. The molecule has 3 aromatic rings. The molecule has 1 fully saturated rings. The van der Waals surface area contributed by atoms with Crippen molar-refractivity contribution in [3.63, 3.8) is 0 Å². The van der Waals surface area contributed by atoms with E-state index in [2.05, 4.69) is 5.32 Å². The molecule has 0 saturated carbocycles. The maximum absolute atomic E-state index is 14.3. The number of anilines is 2. The fraction of sp³-hybridized carbons (Fsp3) is 0.259. The molecule has 3 atom stereocenters. The summed E-state index contributed by atoms with van der Waals surface area (Å²) >= 11 is 6.26. The van der Waals surface area contributed by atoms with E-state index < -0.39 is 34.2 Å². The van der Waals surface area contributed by atoms with Gasteiger partial charge in [0, 0.05) is 30.0 Å². The molecule has 3 aromatic carbocycles. The van der Waals surface area contributed by atoms with Crippen LogP contribution in [0, 0.1) is 0 Å². The predicted molar refractivity (Wildman–Crippen MR) is 145 cm³/mol. The third kappa shape index (κ3) is 4.62. The third-order valence-corrected chi connectivity index (χ3v) is 8.59. The lowest BCUT2D eigenvalue weighted by atomic mass is 9.90. The number of ether oxygens (including phenoxy) is 2. The zero-order valence-electron chi connectivity index (χ0n) is 21.0. The minimum Gasteiger partial charge on any atom is -0.444 e. The first kappa shape index (κ1) is 26.4. The van der Waals surface area contributed by atoms with E-state index in [-0.39, 0.29) is 41.7 Å². The van der Waals surface area contributed by atoms with E-state index in [1.807, 2.05) is 30.3 Å². The maximum atomic E-state index is 14.3. The third-order valence-electron chi connectivity index (χ3n) is 7.44. The normalized spacial score (nSPS) is 22.3. The van der Waals surface area contributed by atoms with Crippen molar-refractivity contribution in [3.05, 3.63) is 82.9 Å². The Morgan fingerprint density at radius 1 is 1.18 bits per heavy atom. The van der Waals surface area contributed by atoms with Crippen molar-refractivity contribution in [2.24, 2.45) is 5.14 Å². The summed E-state index contributed by atoms with van der Waals surface area (Å²) in [6.45, 7) is 0.324. The van der Waals surface area contributed by atoms with E-state index in [1.54, 1.807) is 23.1 Å². The summed E-state index contributed by atoms with van der Waals surface area (Å²) in [7, 11) is -4.07. The molecule has 0 aliphatic carbocycles. The summed E-state index contributed by atoms with van der Waals surface area (Å²) < 4.78 is 35.5. The van der Waals surface area contributed by atoms with Gasteiger partial charge in [-0.05, 0) is 42.0 Å². The maximum Gasteiger partial charge on any atom is 0.412 e. The molecule has 1 spiro atoms. The number of halogens is 1. The highest BCUT2D eigenvalue weighted by Crippen LogP contribution is 2.45. The zero-order chi connectivity index (χ0) is 28.2. The number of carbonyl (C=O) groups is 2. The van der Waals surface area contributed by atoms with Crippen LogP contribution in [-0.4, -0.2) is 56.0 Å². The summed E-state index contributed by atoms with van der Waals surface area (Å²) in [4.78, 5) is 29.4. The Bertz CT molecular complexity index is 1620. The molecular weight excluding hydrogens is 560 g/mol. The standard InChI is InChI=1S/C27H25ClN4O7S/c28-17-6-8-20-19(13-17)27(39-25(34)30-20)10-11-31(15-27)24(33)22(12-16-4-2-1-3-5-16)32-21-14-18(40(29,36)37)7-9-23(21)38-26(32)35/h1-9,13-14,22,26,35H,10-12,15H2,(H,30,34)(H2,29,36,37)/t22-,26?,27?/m0/s1. The number of hydrogen-bond acceptors (Lipinski definition) is 8. The first-order valence-electron chi connectivity index (χ1n) is 12.5. The van der Waals surface area contributed by atoms with Crippen LogP contribution in [0.1, 0.15) is 17.5 Å². The van der Waals surface area contributed by atoms with Gasteiger partial charge in [-0.15, -0.1) is 0 Å². The number of primary sulfonamides is 1. The second kappa shape index (κ2) is 9.66. The van der Waals surface area contributed by atoms with E-state index in [4.69, 9.17) is 26.2 Å². The molecule has 3 aliphatic rings. The van der Waals surface area contributed by atoms with E-state index in [0.29, 0.717) is 22.7 Å². The van der Waals surface area contributed by atoms with Crippen molar-refractivity contribution in [3.8, 4) is 5.75 Å². The number of nitrogens with one attached hydrogen (secondary N) is 1. The van der Waals surface area contributed by atoms with E-state index in [0.717, 1.165) is 5.56 Å². The lowest BCUT2D eigenvalue weighted by Crippen LogP contribution is -2.53. The Labute approximate surface area is 235 Å². The quantitative estimate of drug-likeness (QED) is 0.414. The first-order chi connectivity index (χ1) is 19.0. The zero-order valence-corrected chi connectivity index (χ0v) is 22.6. The SMILES string of the molecule is NS(=O)(=O)c1ccc2c(c1)N([C@@H](Cc1ccccc1)C(=O)N1CCC3(C1)OC(=O)Nc1ccc(Cl)cc13)C(O)O2. The second-order valence-electron chi connectivity index (χ2n) is 9.94. The molecule has 0 bridgehead atoms. The molecule has 208 valence electrons. The van der Waals surface area contributed by atoms with E-state index >= 15 is 0 Å². The van der Waals surface area contributed by atoms with Crippen LogP contribution < -0.4 is 20.1 Å². The van der Waals surface area contributed by atoms with Gasteiger partial charge in [0.2, 0.25) is 15.9 Å². The number of aliphatic hydroxyl groups excluding tert-OH is 1. The fourth-order valence-electron chi connectivity index (χ4n) is 5.58. The van der Waals surface area contributed by atoms with E-state index in [9.17, 15) is 23.1 Å². The summed E-state index contributed by atoms with van der Waals surface area (Å²) in [5, 5.41) is 19.4. The van der Waals surface area contributed by atoms with Crippen molar-refractivity contribution in [1.82, 2.24) is 4.90 Å². The molecule has 13 heteroatoms. The minimum atomic E-state index is -4.07. The molecule has 4 N–H and O–H groups in total. The molecule has 40 heavy (non-hydrogen) atoms. The number of fused-ring (bicyclic) bond motifs is 3. The van der Waals surface area contributed by atoms with Crippen molar-refractivity contribution >= 4 is 45.0 Å². The highest BCUT2D eigenvalue weighted by molar-refractivity contribution is 7.89. The highest BCUT2D eigenvalue weighted by atomic mass is 35.5. The van der Waals surface area contributed by atoms with Gasteiger partial charge >= 0.3 is 6.09 Å². The average Bonchev–Trinajstić information content (AvgIpc) is 3.48. The van der Waals surface area contributed by atoms with Gasteiger partial charge in [0.05, 0.1) is 22.8 Å². The lowest BCUT2D eigenvalue weighted by Gasteiger charge is -2.36. The first-order valence-corrected chi connectivity index (χ1v) is 14.4. The number of nitrogens with two attached hydrogens (primary N) is 1. The number of amides is 2. The fourth-order valence-corrected chi connectivity index (χ4v) is 6.29. The van der Waals surface area contributed by atoms with Crippen LogP contribution in [0.5, 0.6) is 5.75 Å². The topological polar surface area (TPSA) is 151 Å². The molecule has 3 heterocycles. The van der Waals surface area contributed by atoms with Gasteiger partial charge in [-0.3, -0.25) is 15.0 Å². The number of aliphatic hydroxyl groups is 1. The highest BCUT2D eigenvalue weighted by Gasteiger charge is 2.51. The lowest BCUT2D eigenvalue weighted by molar-refractivity contribution is -0.134. The Balaban J connectivity index is 1.38. The number of nitrogens with zero attached hydrogens (tertiary/aromatic N) is 2. The van der Waals surface area contributed by atoms with Crippen molar-refractivity contribution in [1.29, 1.82) is 0 Å². The Morgan fingerprint density at radius 3 is 2.70 bits per heavy atom. The molecule has 11 nitrogen and oxygen atoms in total. The number of hydrogen-bond donors (Lipinski definition) is 3. The summed E-state index contributed by atoms with van der Waals surface area (Å²) in [6.07, 6.45) is -1.68. The van der Waals surface area contributed by atoms with Gasteiger partial charge in [0.15, 0.2) is 5.60 Å². The van der Waals surface area contributed by atoms with Crippen molar-refractivity contribution < 1.29 is 32.6 Å². The molecule has 0 aromatic heterocycles. The van der Waals surface area contributed by atoms with Crippen LogP contribution in [-0.2, 0) is 31.6 Å². The van der Waals surface area contributed by atoms with Gasteiger partial charge in [-0.25, -0.2) is 18.4 Å². The van der Waals surface area contributed by atoms with Gasteiger partial charge in [0.25, 0.3) is 6.41 Å². The number of likely N-dealkylation sites (tertiary alicyclic amines) is 1. The van der Waals surface area contributed by atoms with Crippen LogP contribution >= 0.6 is 11.6 Å². The predicted octanol–water partition coefficient (Wildman–Crippen LogP) is 2.76. The Kier molecular flexibility index (Phi) is 6.37. The van der Waals surface area contributed by atoms with Crippen LogP contribution in [0.3, 0.4) is 0 Å². The largest absolute Gasteiger partial charge is 0.444 e. The molecule has 2 unspecified atom stereocenters. The van der Waals surface area contributed by atoms with Gasteiger partial charge in [-0.1, -0.05) is 41.9 Å². The number of carbonyl (C=O) groups excluding carboxylic acids is 2. The van der Waals surface area contributed by atoms with Gasteiger partial charge < -0.3 is 19.5 Å². The second-order valence-corrected chi connectivity index (χ2v) is 11.9. The van der Waals surface area contributed by atoms with Crippen LogP contribution in [0.4, 0.5) is 16.2 Å². The van der Waals surface area contributed by atoms with E-state index in [1.165, 1.54) is 23.1 Å². The van der Waals surface area contributed by atoms with Crippen LogP contribution in [0.2, 0.25) is 5.02 Å². The van der Waals surface area contributed by atoms with Crippen LogP contribution in [0.15, 0.2) is 71.6 Å². The molecule has 3 aliphatic heterocycles. The smallest absolute Gasteiger partial charge is 0.412 e. The summed E-state index contributed by atoms with van der Waals surface area (Å²) in [5.41, 5.74) is 1.15. The van der Waals surface area contributed by atoms with Gasteiger partial charge in [-0.2, -0.15) is 0 Å². The Hall–Kier alpha value is -3.84. The Morgan fingerprint density at radius 2 is 1.95 bits per heavy atom. The summed E-state index contributed by atoms with van der Waals surface area (Å²) in [5.74, 6) is -0.157. The molecular formula is C27H25ClN4O7S. The van der Waals surface area contributed by atoms with Gasteiger partial charge in [0.1, 0.15) is 11.8 Å². The number of rotatable bonds is 5. The van der Waals surface area contributed by atoms with Crippen molar-refractivity contribution in [2.45, 2.75) is 35.8 Å². The molecule has 1 saturated heterocycles.